The van der Waals surface area contributed by atoms with E-state index >= 15 is 0 Å². The summed E-state index contributed by atoms with van der Waals surface area (Å²) < 4.78 is 5.52. The summed E-state index contributed by atoms with van der Waals surface area (Å²) in [6, 6.07) is 8.17. The van der Waals surface area contributed by atoms with Crippen LogP contribution in [0.1, 0.15) is 60.8 Å². The number of rotatable bonds is 6. The Morgan fingerprint density at radius 1 is 1.13 bits per heavy atom. The van der Waals surface area contributed by atoms with Crippen LogP contribution in [0.4, 0.5) is 5.82 Å². The Kier molecular flexibility index (Phi) is 5.19. The van der Waals surface area contributed by atoms with Crippen LogP contribution >= 0.6 is 0 Å². The minimum atomic E-state index is 0.124. The fourth-order valence-corrected chi connectivity index (χ4v) is 4.89. The van der Waals surface area contributed by atoms with E-state index in [4.69, 9.17) is 14.7 Å². The number of hydrogen-bond acceptors (Lipinski definition) is 5. The number of para-hydroxylation sites is 1. The number of carbonyl (C=O) groups excluding carboxylic acids is 1. The molecule has 3 heterocycles. The van der Waals surface area contributed by atoms with Gasteiger partial charge in [0.05, 0.1) is 19.7 Å². The minimum absolute atomic E-state index is 0.124. The molecule has 2 fully saturated rings. The van der Waals surface area contributed by atoms with Gasteiger partial charge in [-0.25, -0.2) is 9.97 Å². The number of anilines is 1. The van der Waals surface area contributed by atoms with Gasteiger partial charge in [0.25, 0.3) is 0 Å². The second-order valence-electron chi connectivity index (χ2n) is 8.86. The molecular weight excluding hydrogens is 376 g/mol. The number of benzene rings is 1. The molecule has 1 saturated heterocycles. The van der Waals surface area contributed by atoms with Crippen molar-refractivity contribution in [3.8, 4) is 5.75 Å². The number of amides is 1. The molecule has 1 aliphatic carbocycles. The molecule has 1 aromatic heterocycles. The van der Waals surface area contributed by atoms with Gasteiger partial charge >= 0.3 is 0 Å². The van der Waals surface area contributed by atoms with E-state index in [1.54, 1.807) is 7.11 Å². The van der Waals surface area contributed by atoms with E-state index in [1.165, 1.54) is 19.3 Å². The van der Waals surface area contributed by atoms with Gasteiger partial charge in [-0.2, -0.15) is 0 Å². The summed E-state index contributed by atoms with van der Waals surface area (Å²) in [6.45, 7) is 4.84. The normalized spacial score (nSPS) is 21.7. The highest BCUT2D eigenvalue weighted by Crippen LogP contribution is 2.38. The largest absolute Gasteiger partial charge is 0.496 e. The number of methoxy groups -OCH3 is 1. The van der Waals surface area contributed by atoms with Gasteiger partial charge < -0.3 is 4.74 Å². The Labute approximate surface area is 178 Å². The Balaban J connectivity index is 1.49. The molecule has 0 bridgehead atoms. The van der Waals surface area contributed by atoms with Gasteiger partial charge in [-0.1, -0.05) is 18.2 Å². The SMILES string of the molecule is COc1ccccc1CN1C(=O)CCc2c(C)nc(C3CCCN3CC3CC3)nc21. The van der Waals surface area contributed by atoms with Crippen LogP contribution in [0.25, 0.3) is 0 Å². The molecule has 3 aliphatic rings. The molecule has 1 amide bonds. The maximum absolute atomic E-state index is 12.9. The summed E-state index contributed by atoms with van der Waals surface area (Å²) in [6.07, 6.45) is 6.23. The molecule has 5 rings (SSSR count). The highest BCUT2D eigenvalue weighted by atomic mass is 16.5. The maximum atomic E-state index is 12.9. The van der Waals surface area contributed by atoms with Crippen molar-refractivity contribution in [3.05, 3.63) is 46.9 Å². The van der Waals surface area contributed by atoms with Crippen LogP contribution in [-0.2, 0) is 17.8 Å². The quantitative estimate of drug-likeness (QED) is 0.730. The molecule has 1 unspecified atom stereocenters. The molecule has 1 saturated carbocycles. The van der Waals surface area contributed by atoms with Gasteiger partial charge in [0, 0.05) is 29.8 Å². The lowest BCUT2D eigenvalue weighted by Crippen LogP contribution is -2.37. The zero-order chi connectivity index (χ0) is 20.7. The summed E-state index contributed by atoms with van der Waals surface area (Å²) in [5.74, 6) is 3.48. The predicted molar refractivity (Wildman–Crippen MR) is 116 cm³/mol. The fourth-order valence-electron chi connectivity index (χ4n) is 4.89. The van der Waals surface area contributed by atoms with Crippen molar-refractivity contribution in [2.75, 3.05) is 25.1 Å². The van der Waals surface area contributed by atoms with E-state index in [0.29, 0.717) is 13.0 Å². The number of aromatic nitrogens is 2. The Morgan fingerprint density at radius 2 is 1.97 bits per heavy atom. The van der Waals surface area contributed by atoms with Crippen molar-refractivity contribution in [2.45, 2.75) is 58.0 Å². The van der Waals surface area contributed by atoms with Crippen molar-refractivity contribution >= 4 is 11.7 Å². The van der Waals surface area contributed by atoms with Gasteiger partial charge in [-0.15, -0.1) is 0 Å². The fraction of sp³-hybridized carbons (Fsp3) is 0.542. The molecule has 30 heavy (non-hydrogen) atoms. The second-order valence-corrected chi connectivity index (χ2v) is 8.86. The van der Waals surface area contributed by atoms with Crippen molar-refractivity contribution in [1.29, 1.82) is 0 Å². The number of hydrogen-bond donors (Lipinski definition) is 0. The average molecular weight is 407 g/mol. The van der Waals surface area contributed by atoms with Crippen molar-refractivity contribution in [3.63, 3.8) is 0 Å². The van der Waals surface area contributed by atoms with E-state index in [1.807, 2.05) is 29.2 Å². The third-order valence-electron chi connectivity index (χ3n) is 6.73. The van der Waals surface area contributed by atoms with Crippen LogP contribution in [-0.4, -0.2) is 41.0 Å². The molecule has 2 aliphatic heterocycles. The lowest BCUT2D eigenvalue weighted by Gasteiger charge is -2.31. The van der Waals surface area contributed by atoms with E-state index in [-0.39, 0.29) is 11.9 Å². The van der Waals surface area contributed by atoms with Gasteiger partial charge in [0.1, 0.15) is 17.4 Å². The zero-order valence-electron chi connectivity index (χ0n) is 17.9. The van der Waals surface area contributed by atoms with E-state index < -0.39 is 0 Å². The molecule has 1 aromatic carbocycles. The first kappa shape index (κ1) is 19.5. The number of aryl methyl sites for hydroxylation is 1. The highest BCUT2D eigenvalue weighted by molar-refractivity contribution is 5.95. The highest BCUT2D eigenvalue weighted by Gasteiger charge is 2.35. The lowest BCUT2D eigenvalue weighted by molar-refractivity contribution is -0.119. The van der Waals surface area contributed by atoms with Crippen LogP contribution < -0.4 is 9.64 Å². The van der Waals surface area contributed by atoms with Crippen LogP contribution in [0.3, 0.4) is 0 Å². The standard InChI is InChI=1S/C24H30N4O2/c1-16-19-11-12-22(29)28(15-18-6-3-4-8-21(18)30-2)24(19)26-23(25-16)20-7-5-13-27(20)14-17-9-10-17/h3-4,6,8,17,20H,5,7,9-15H2,1-2H3. The topological polar surface area (TPSA) is 58.6 Å². The number of nitrogens with zero attached hydrogens (tertiary/aromatic N) is 4. The summed E-state index contributed by atoms with van der Waals surface area (Å²) in [4.78, 5) is 27.3. The van der Waals surface area contributed by atoms with Gasteiger partial charge in [-0.05, 0) is 57.6 Å². The minimum Gasteiger partial charge on any atom is -0.496 e. The number of ether oxygens (including phenoxy) is 1. The Bertz CT molecular complexity index is 956. The third-order valence-corrected chi connectivity index (χ3v) is 6.73. The predicted octanol–water partition coefficient (Wildman–Crippen LogP) is 3.82. The van der Waals surface area contributed by atoms with Crippen LogP contribution in [0.5, 0.6) is 5.75 Å². The summed E-state index contributed by atoms with van der Waals surface area (Å²) in [5, 5.41) is 0. The first-order valence-electron chi connectivity index (χ1n) is 11.2. The number of fused-ring (bicyclic) bond motifs is 1. The molecule has 2 aromatic rings. The van der Waals surface area contributed by atoms with Crippen molar-refractivity contribution in [1.82, 2.24) is 14.9 Å². The molecule has 0 radical (unpaired) electrons. The lowest BCUT2D eigenvalue weighted by atomic mass is 10.0. The first-order valence-corrected chi connectivity index (χ1v) is 11.2. The second kappa shape index (κ2) is 7.99. The van der Waals surface area contributed by atoms with Crippen LogP contribution in [0.15, 0.2) is 24.3 Å². The average Bonchev–Trinajstić information content (AvgIpc) is 3.45. The molecular formula is C24H30N4O2. The maximum Gasteiger partial charge on any atom is 0.228 e. The first-order chi connectivity index (χ1) is 14.6. The molecule has 6 nitrogen and oxygen atoms in total. The van der Waals surface area contributed by atoms with Gasteiger partial charge in [0.2, 0.25) is 5.91 Å². The Morgan fingerprint density at radius 3 is 2.77 bits per heavy atom. The zero-order valence-corrected chi connectivity index (χ0v) is 17.9. The van der Waals surface area contributed by atoms with Crippen LogP contribution in [0, 0.1) is 12.8 Å². The van der Waals surface area contributed by atoms with E-state index in [9.17, 15) is 4.79 Å². The molecule has 1 atom stereocenters. The molecule has 6 heteroatoms. The van der Waals surface area contributed by atoms with Crippen molar-refractivity contribution < 1.29 is 9.53 Å². The number of likely N-dealkylation sites (tertiary alicyclic amines) is 1. The molecule has 0 spiro atoms. The monoisotopic (exact) mass is 406 g/mol. The van der Waals surface area contributed by atoms with Crippen molar-refractivity contribution in [2.24, 2.45) is 5.92 Å². The molecule has 158 valence electrons. The Hall–Kier alpha value is -2.47. The van der Waals surface area contributed by atoms with E-state index in [2.05, 4.69) is 11.8 Å². The van der Waals surface area contributed by atoms with E-state index in [0.717, 1.165) is 66.1 Å². The number of carbonyl (C=O) groups is 1. The molecule has 0 N–H and O–H groups in total. The van der Waals surface area contributed by atoms with Crippen LogP contribution in [0.2, 0.25) is 0 Å². The summed E-state index contributed by atoms with van der Waals surface area (Å²) in [7, 11) is 1.67. The van der Waals surface area contributed by atoms with Gasteiger partial charge in [-0.3, -0.25) is 14.6 Å². The smallest absolute Gasteiger partial charge is 0.228 e. The third kappa shape index (κ3) is 3.69. The summed E-state index contributed by atoms with van der Waals surface area (Å²) >= 11 is 0. The summed E-state index contributed by atoms with van der Waals surface area (Å²) in [5.41, 5.74) is 3.13. The van der Waals surface area contributed by atoms with Gasteiger partial charge in [0.15, 0.2) is 0 Å².